The van der Waals surface area contributed by atoms with Gasteiger partial charge in [-0.1, -0.05) is 49.2 Å². The number of rotatable bonds is 24. The molecule has 1 unspecified atom stereocenters. The molecule has 0 radical (unpaired) electrons. The molecule has 16 nitrogen and oxygen atoms in total. The number of imide groups is 1. The minimum Gasteiger partial charge on any atom is -0.387 e. The fraction of sp³-hybridized carbons (Fsp3) is 0.286. The van der Waals surface area contributed by atoms with Crippen molar-refractivity contribution in [3.8, 4) is 0 Å². The van der Waals surface area contributed by atoms with E-state index in [1.54, 1.807) is 66.9 Å². The van der Waals surface area contributed by atoms with Gasteiger partial charge in [-0.05, 0) is 73.3 Å². The Morgan fingerprint density at radius 3 is 2.38 bits per heavy atom. The highest BCUT2D eigenvalue weighted by Crippen LogP contribution is 2.32. The van der Waals surface area contributed by atoms with E-state index in [1.807, 2.05) is 6.92 Å². The van der Waals surface area contributed by atoms with Crippen molar-refractivity contribution >= 4 is 70.9 Å². The summed E-state index contributed by atoms with van der Waals surface area (Å²) in [4.78, 5) is 63.7. The van der Waals surface area contributed by atoms with Gasteiger partial charge in [0.1, 0.15) is 23.4 Å². The number of nitrogens with one attached hydrogen (secondary N) is 5. The molecule has 0 aliphatic carbocycles. The van der Waals surface area contributed by atoms with E-state index in [9.17, 15) is 19.2 Å². The molecule has 4 aromatic carbocycles. The Hall–Kier alpha value is -7.12. The topological polar surface area (TPSA) is 211 Å². The van der Waals surface area contributed by atoms with Crippen molar-refractivity contribution in [2.75, 3.05) is 57.9 Å². The summed E-state index contributed by atoms with van der Waals surface area (Å²) in [6.45, 7) is 8.77. The van der Waals surface area contributed by atoms with Gasteiger partial charge in [-0.2, -0.15) is 5.11 Å². The van der Waals surface area contributed by atoms with Crippen LogP contribution in [-0.4, -0.2) is 106 Å². The standard InChI is InChI=1S/C49H51ClF2N10O6/c1-3-5-43(48(65)58-30-63)62-29-32-24-36(13-15-37(32)49(62)66)59-44(64)16-20-67-21-17-55-18-22-68-23-19-56-28-42(61-53)31-8-11-35(12-9-31)60-46-33(26-54-2)27-57-47(39-25-34(50)10-14-38(39)46)45-40(51)6-4-7-41(45)52/h4,6-15,24-26,28,30,43,53,55-56H,2-3,5,16-23,27,29H2,1H3,(H,59,64)(H,58,63,65)/b33-26-,42-28-,60-46+,61-53?. The van der Waals surface area contributed by atoms with Gasteiger partial charge in [-0.25, -0.2) is 19.3 Å². The van der Waals surface area contributed by atoms with Crippen LogP contribution in [0.3, 0.4) is 0 Å². The molecule has 4 amide bonds. The maximum Gasteiger partial charge on any atom is 0.255 e. The quantitative estimate of drug-likeness (QED) is 0.0210. The molecule has 0 fully saturated rings. The second-order valence-electron chi connectivity index (χ2n) is 15.4. The predicted molar refractivity (Wildman–Crippen MR) is 257 cm³/mol. The number of anilines is 1. The van der Waals surface area contributed by atoms with Crippen LogP contribution in [0.5, 0.6) is 0 Å². The molecule has 2 aliphatic heterocycles. The highest BCUT2D eigenvalue weighted by molar-refractivity contribution is 6.32. The van der Waals surface area contributed by atoms with Crippen LogP contribution in [0.1, 0.15) is 64.4 Å². The van der Waals surface area contributed by atoms with Gasteiger partial charge in [-0.15, -0.1) is 0 Å². The predicted octanol–water partition coefficient (Wildman–Crippen LogP) is 7.14. The van der Waals surface area contributed by atoms with Crippen LogP contribution >= 0.6 is 11.6 Å². The fourth-order valence-electron chi connectivity index (χ4n) is 7.55. The molecule has 5 N–H and O–H groups in total. The Bertz CT molecular complexity index is 2620. The molecule has 2 heterocycles. The lowest BCUT2D eigenvalue weighted by atomic mass is 9.93. The van der Waals surface area contributed by atoms with E-state index in [-0.39, 0.29) is 49.2 Å². The molecule has 0 bridgehead atoms. The molecule has 0 spiro atoms. The number of aliphatic imine (C=N–C) groups is 3. The number of hydrogen-bond acceptors (Lipinski definition) is 13. The van der Waals surface area contributed by atoms with E-state index in [2.05, 4.69) is 43.1 Å². The monoisotopic (exact) mass is 948 g/mol. The zero-order valence-corrected chi connectivity index (χ0v) is 38.1. The van der Waals surface area contributed by atoms with Crippen molar-refractivity contribution in [2.24, 2.45) is 20.1 Å². The molecule has 0 saturated carbocycles. The average molecular weight is 949 g/mol. The molecular formula is C49H51ClF2N10O6. The maximum atomic E-state index is 15.0. The molecular weight excluding hydrogens is 898 g/mol. The van der Waals surface area contributed by atoms with Crippen molar-refractivity contribution in [2.45, 2.75) is 38.8 Å². The van der Waals surface area contributed by atoms with E-state index in [4.69, 9.17) is 31.6 Å². The molecule has 4 aromatic rings. The van der Waals surface area contributed by atoms with Gasteiger partial charge in [0.25, 0.3) is 5.91 Å². The van der Waals surface area contributed by atoms with Crippen molar-refractivity contribution < 1.29 is 37.4 Å². The Labute approximate surface area is 397 Å². The smallest absolute Gasteiger partial charge is 0.255 e. The molecule has 2 aliphatic rings. The Morgan fingerprint density at radius 1 is 0.956 bits per heavy atom. The molecule has 19 heteroatoms. The third kappa shape index (κ3) is 13.1. The summed E-state index contributed by atoms with van der Waals surface area (Å²) in [6, 6.07) is 20.0. The molecule has 0 aromatic heterocycles. The van der Waals surface area contributed by atoms with E-state index in [1.165, 1.54) is 29.3 Å². The van der Waals surface area contributed by atoms with Gasteiger partial charge in [0, 0.05) is 77.1 Å². The van der Waals surface area contributed by atoms with Crippen molar-refractivity contribution in [3.05, 3.63) is 147 Å². The van der Waals surface area contributed by atoms with Crippen molar-refractivity contribution in [1.82, 2.24) is 20.9 Å². The van der Waals surface area contributed by atoms with E-state index >= 15 is 8.78 Å². The number of halogens is 3. The first kappa shape index (κ1) is 50.3. The van der Waals surface area contributed by atoms with Crippen molar-refractivity contribution in [1.29, 1.82) is 5.53 Å². The minimum absolute atomic E-state index is 0.0190. The lowest BCUT2D eigenvalue weighted by molar-refractivity contribution is -0.129. The lowest BCUT2D eigenvalue weighted by Crippen LogP contribution is -2.46. The first-order valence-corrected chi connectivity index (χ1v) is 22.2. The Balaban J connectivity index is 0.890. The van der Waals surface area contributed by atoms with Gasteiger partial charge in [0.2, 0.25) is 18.2 Å². The number of benzene rings is 4. The third-order valence-corrected chi connectivity index (χ3v) is 11.0. The summed E-state index contributed by atoms with van der Waals surface area (Å²) in [5.74, 6) is -2.58. The number of fused-ring (bicyclic) bond motifs is 2. The molecule has 0 saturated heterocycles. The highest BCUT2D eigenvalue weighted by atomic mass is 35.5. The molecule has 1 atom stereocenters. The number of carbonyl (C=O) groups is 4. The second kappa shape index (κ2) is 25.1. The lowest BCUT2D eigenvalue weighted by Gasteiger charge is -2.25. The fourth-order valence-corrected chi connectivity index (χ4v) is 7.72. The van der Waals surface area contributed by atoms with Crippen LogP contribution in [0, 0.1) is 17.2 Å². The minimum atomic E-state index is -0.767. The van der Waals surface area contributed by atoms with Gasteiger partial charge in [-0.3, -0.25) is 34.5 Å². The summed E-state index contributed by atoms with van der Waals surface area (Å²) in [6.07, 6.45) is 4.65. The van der Waals surface area contributed by atoms with Crippen LogP contribution in [0.25, 0.3) is 5.70 Å². The van der Waals surface area contributed by atoms with Crippen LogP contribution < -0.4 is 21.3 Å². The Morgan fingerprint density at radius 2 is 1.68 bits per heavy atom. The van der Waals surface area contributed by atoms with E-state index in [0.29, 0.717) is 120 Å². The normalized spacial score (nSPS) is 15.0. The van der Waals surface area contributed by atoms with Crippen LogP contribution in [0.2, 0.25) is 5.02 Å². The summed E-state index contributed by atoms with van der Waals surface area (Å²) in [5.41, 5.74) is 12.9. The van der Waals surface area contributed by atoms with Crippen molar-refractivity contribution in [3.63, 3.8) is 0 Å². The summed E-state index contributed by atoms with van der Waals surface area (Å²) in [7, 11) is 0. The summed E-state index contributed by atoms with van der Waals surface area (Å²) < 4.78 is 41.4. The van der Waals surface area contributed by atoms with Gasteiger partial charge >= 0.3 is 0 Å². The van der Waals surface area contributed by atoms with E-state index in [0.717, 1.165) is 0 Å². The number of carbonyl (C=O) groups excluding carboxylic acids is 4. The largest absolute Gasteiger partial charge is 0.387 e. The number of nitrogens with zero attached hydrogens (tertiary/aromatic N) is 5. The number of hydrogen-bond donors (Lipinski definition) is 5. The molecule has 6 rings (SSSR count). The number of ether oxygens (including phenoxy) is 2. The van der Waals surface area contributed by atoms with Gasteiger partial charge < -0.3 is 30.3 Å². The van der Waals surface area contributed by atoms with E-state index < -0.39 is 23.6 Å². The van der Waals surface area contributed by atoms with Crippen LogP contribution in [-0.2, 0) is 30.4 Å². The first-order valence-electron chi connectivity index (χ1n) is 21.8. The summed E-state index contributed by atoms with van der Waals surface area (Å²) in [5, 5.41) is 15.3. The third-order valence-electron chi connectivity index (χ3n) is 10.8. The SMILES string of the molecule is C=N/C=C1/CN=C(c2c(F)cccc2F)c2cc(Cl)ccc2/C1=N/c1ccc(/C(=C/NCCOCCNCCOCCC(=O)Nc2ccc3c(c2)CN(C(CCC)C(=O)NC=O)C3=O)N=N)cc1. The van der Waals surface area contributed by atoms with Crippen LogP contribution in [0.4, 0.5) is 20.2 Å². The van der Waals surface area contributed by atoms with Gasteiger partial charge in [0.15, 0.2) is 0 Å². The first-order chi connectivity index (χ1) is 33.1. The van der Waals surface area contributed by atoms with Gasteiger partial charge in [0.05, 0.1) is 62.1 Å². The number of amides is 4. The maximum absolute atomic E-state index is 15.0. The zero-order valence-electron chi connectivity index (χ0n) is 37.3. The molecule has 68 heavy (non-hydrogen) atoms. The van der Waals surface area contributed by atoms with Crippen LogP contribution in [0.15, 0.2) is 117 Å². The second-order valence-corrected chi connectivity index (χ2v) is 15.8. The molecule has 354 valence electrons. The average Bonchev–Trinajstić information content (AvgIpc) is 3.57. The zero-order chi connectivity index (χ0) is 48.4. The summed E-state index contributed by atoms with van der Waals surface area (Å²) >= 11 is 6.38. The highest BCUT2D eigenvalue weighted by Gasteiger charge is 2.36. The Kier molecular flexibility index (Phi) is 18.6.